The van der Waals surface area contributed by atoms with Crippen LogP contribution in [0, 0.1) is 0 Å². The number of aliphatic hydroxyl groups excluding tert-OH is 1. The van der Waals surface area contributed by atoms with Gasteiger partial charge in [0.2, 0.25) is 0 Å². The summed E-state index contributed by atoms with van der Waals surface area (Å²) in [5, 5.41) is 12.9. The fraction of sp³-hybridized carbons (Fsp3) is 0.467. The average Bonchev–Trinajstić information content (AvgIpc) is 2.80. The van der Waals surface area contributed by atoms with Crippen LogP contribution in [0.25, 0.3) is 11.0 Å². The second kappa shape index (κ2) is 6.24. The van der Waals surface area contributed by atoms with E-state index < -0.39 is 6.10 Å². The van der Waals surface area contributed by atoms with Crippen LogP contribution in [0.5, 0.6) is 0 Å². The third-order valence-electron chi connectivity index (χ3n) is 3.35. The zero-order chi connectivity index (χ0) is 15.6. The van der Waals surface area contributed by atoms with Crippen molar-refractivity contribution in [2.45, 2.75) is 26.5 Å². The average molecular weight is 290 g/mol. The van der Waals surface area contributed by atoms with E-state index in [0.717, 1.165) is 11.0 Å². The minimum Gasteiger partial charge on any atom is -0.392 e. The molecule has 2 rings (SSSR count). The zero-order valence-electron chi connectivity index (χ0n) is 12.9. The van der Waals surface area contributed by atoms with Gasteiger partial charge in [-0.15, -0.1) is 0 Å². The van der Waals surface area contributed by atoms with Crippen molar-refractivity contribution in [3.05, 3.63) is 30.1 Å². The highest BCUT2D eigenvalue weighted by molar-refractivity contribution is 5.97. The Kier molecular flexibility index (Phi) is 4.59. The second-order valence-corrected chi connectivity index (χ2v) is 5.32. The van der Waals surface area contributed by atoms with E-state index in [9.17, 15) is 9.90 Å². The molecule has 0 saturated carbocycles. The highest BCUT2D eigenvalue weighted by Crippen LogP contribution is 2.17. The number of hydrazine groups is 1. The van der Waals surface area contributed by atoms with Gasteiger partial charge >= 0.3 is 0 Å². The summed E-state index contributed by atoms with van der Waals surface area (Å²) in [5.41, 5.74) is 2.29. The highest BCUT2D eigenvalue weighted by Gasteiger charge is 2.17. The molecule has 0 aliphatic rings. The molecule has 0 saturated heterocycles. The van der Waals surface area contributed by atoms with Crippen LogP contribution in [-0.2, 0) is 6.54 Å². The summed E-state index contributed by atoms with van der Waals surface area (Å²) >= 11 is 0. The summed E-state index contributed by atoms with van der Waals surface area (Å²) in [5.74, 6) is -0.0468. The van der Waals surface area contributed by atoms with Crippen LogP contribution in [0.3, 0.4) is 0 Å². The summed E-state index contributed by atoms with van der Waals surface area (Å²) in [6, 6.07) is 5.47. The number of hydrogen-bond donors (Lipinski definition) is 1. The summed E-state index contributed by atoms with van der Waals surface area (Å²) < 4.78 is 1.89. The molecule has 2 aromatic rings. The Bertz CT molecular complexity index is 634. The van der Waals surface area contributed by atoms with E-state index in [1.807, 2.05) is 31.7 Å². The van der Waals surface area contributed by atoms with Gasteiger partial charge in [0.05, 0.1) is 23.5 Å². The quantitative estimate of drug-likeness (QED) is 0.845. The molecule has 1 heterocycles. The van der Waals surface area contributed by atoms with Crippen molar-refractivity contribution >= 4 is 16.9 Å². The Morgan fingerprint density at radius 2 is 2.14 bits per heavy atom. The van der Waals surface area contributed by atoms with Gasteiger partial charge in [-0.1, -0.05) is 0 Å². The molecule has 1 aromatic carbocycles. The van der Waals surface area contributed by atoms with Crippen molar-refractivity contribution in [3.63, 3.8) is 0 Å². The Balaban J connectivity index is 2.33. The summed E-state index contributed by atoms with van der Waals surface area (Å²) in [6.45, 7) is 4.77. The Morgan fingerprint density at radius 1 is 1.43 bits per heavy atom. The Morgan fingerprint density at radius 3 is 2.71 bits per heavy atom. The van der Waals surface area contributed by atoms with E-state index >= 15 is 0 Å². The van der Waals surface area contributed by atoms with Crippen molar-refractivity contribution in [3.8, 4) is 0 Å². The SMILES string of the molecule is CCN(C(=O)c1ccc2c(c1)ncn2C[C@H](C)O)N(C)C. The van der Waals surface area contributed by atoms with Gasteiger partial charge in [-0.3, -0.25) is 9.80 Å². The molecule has 114 valence electrons. The molecule has 0 spiro atoms. The first-order valence-electron chi connectivity index (χ1n) is 7.06. The lowest BCUT2D eigenvalue weighted by atomic mass is 10.2. The van der Waals surface area contributed by atoms with Crippen LogP contribution < -0.4 is 0 Å². The first-order valence-corrected chi connectivity index (χ1v) is 7.06. The summed E-state index contributed by atoms with van der Waals surface area (Å²) in [7, 11) is 3.69. The number of carbonyl (C=O) groups is 1. The molecule has 0 bridgehead atoms. The van der Waals surface area contributed by atoms with E-state index in [-0.39, 0.29) is 5.91 Å². The molecule has 1 atom stereocenters. The topological polar surface area (TPSA) is 61.6 Å². The van der Waals surface area contributed by atoms with Crippen molar-refractivity contribution in [2.24, 2.45) is 0 Å². The number of imidazole rings is 1. The smallest absolute Gasteiger partial charge is 0.268 e. The molecule has 1 N–H and O–H groups in total. The predicted octanol–water partition coefficient (Wildman–Crippen LogP) is 1.36. The van der Waals surface area contributed by atoms with Gasteiger partial charge in [-0.2, -0.15) is 0 Å². The molecule has 1 aromatic heterocycles. The monoisotopic (exact) mass is 290 g/mol. The van der Waals surface area contributed by atoms with Crippen molar-refractivity contribution in [1.82, 2.24) is 19.6 Å². The molecule has 6 heteroatoms. The first kappa shape index (κ1) is 15.5. The van der Waals surface area contributed by atoms with Crippen molar-refractivity contribution < 1.29 is 9.90 Å². The lowest BCUT2D eigenvalue weighted by Crippen LogP contribution is -2.41. The van der Waals surface area contributed by atoms with Crippen LogP contribution in [-0.4, -0.2) is 57.3 Å². The second-order valence-electron chi connectivity index (χ2n) is 5.32. The number of amides is 1. The minimum atomic E-state index is -0.437. The van der Waals surface area contributed by atoms with Gasteiger partial charge in [0, 0.05) is 32.7 Å². The maximum atomic E-state index is 12.5. The Hall–Kier alpha value is -1.92. The first-order chi connectivity index (χ1) is 9.93. The number of hydrogen-bond acceptors (Lipinski definition) is 4. The van der Waals surface area contributed by atoms with Gasteiger partial charge in [-0.25, -0.2) is 9.99 Å². The van der Waals surface area contributed by atoms with E-state index in [1.165, 1.54) is 0 Å². The third kappa shape index (κ3) is 3.22. The lowest BCUT2D eigenvalue weighted by molar-refractivity contribution is 0.0230. The van der Waals surface area contributed by atoms with Crippen LogP contribution in [0.4, 0.5) is 0 Å². The van der Waals surface area contributed by atoms with Gasteiger partial charge in [0.1, 0.15) is 0 Å². The Labute approximate surface area is 124 Å². The van der Waals surface area contributed by atoms with Gasteiger partial charge in [-0.05, 0) is 32.0 Å². The van der Waals surface area contributed by atoms with E-state index in [1.54, 1.807) is 35.4 Å². The number of rotatable bonds is 5. The molecule has 6 nitrogen and oxygen atoms in total. The summed E-state index contributed by atoms with van der Waals surface area (Å²) in [6.07, 6.45) is 1.25. The number of aromatic nitrogens is 2. The van der Waals surface area contributed by atoms with E-state index in [4.69, 9.17) is 0 Å². The van der Waals surface area contributed by atoms with Crippen LogP contribution in [0.15, 0.2) is 24.5 Å². The molecule has 0 aliphatic carbocycles. The van der Waals surface area contributed by atoms with Gasteiger partial charge in [0.15, 0.2) is 0 Å². The normalized spacial score (nSPS) is 12.9. The minimum absolute atomic E-state index is 0.0468. The number of benzene rings is 1. The van der Waals surface area contributed by atoms with Gasteiger partial charge in [0.25, 0.3) is 5.91 Å². The molecular formula is C15H22N4O2. The zero-order valence-corrected chi connectivity index (χ0v) is 12.9. The molecule has 0 fully saturated rings. The maximum Gasteiger partial charge on any atom is 0.268 e. The number of aliphatic hydroxyl groups is 1. The van der Waals surface area contributed by atoms with Crippen LogP contribution in [0.1, 0.15) is 24.2 Å². The largest absolute Gasteiger partial charge is 0.392 e. The van der Waals surface area contributed by atoms with Crippen LogP contribution in [0.2, 0.25) is 0 Å². The molecule has 0 radical (unpaired) electrons. The van der Waals surface area contributed by atoms with Gasteiger partial charge < -0.3 is 9.67 Å². The van der Waals surface area contributed by atoms with Crippen molar-refractivity contribution in [1.29, 1.82) is 0 Å². The molecule has 1 amide bonds. The van der Waals surface area contributed by atoms with E-state index in [0.29, 0.717) is 18.7 Å². The fourth-order valence-electron chi connectivity index (χ4n) is 2.38. The third-order valence-corrected chi connectivity index (χ3v) is 3.35. The number of carbonyl (C=O) groups excluding carboxylic acids is 1. The maximum absolute atomic E-state index is 12.5. The molecule has 21 heavy (non-hydrogen) atoms. The van der Waals surface area contributed by atoms with Crippen LogP contribution >= 0.6 is 0 Å². The highest BCUT2D eigenvalue weighted by atomic mass is 16.3. The standard InChI is InChI=1S/C15H22N4O2/c1-5-19(17(3)4)15(21)12-6-7-14-13(8-12)16-10-18(14)9-11(2)20/h6-8,10-11,20H,5,9H2,1-4H3/t11-/m0/s1. The predicted molar refractivity (Wildman–Crippen MR) is 81.8 cm³/mol. The number of fused-ring (bicyclic) bond motifs is 1. The van der Waals surface area contributed by atoms with Crippen molar-refractivity contribution in [2.75, 3.05) is 20.6 Å². The van der Waals surface area contributed by atoms with E-state index in [2.05, 4.69) is 4.98 Å². The number of nitrogens with zero attached hydrogens (tertiary/aromatic N) is 4. The lowest BCUT2D eigenvalue weighted by Gasteiger charge is -2.27. The molecule has 0 unspecified atom stereocenters. The molecular weight excluding hydrogens is 268 g/mol. The molecule has 0 aliphatic heterocycles. The fourth-order valence-corrected chi connectivity index (χ4v) is 2.38. The summed E-state index contributed by atoms with van der Waals surface area (Å²) in [4.78, 5) is 16.8.